The van der Waals surface area contributed by atoms with Crippen molar-refractivity contribution < 1.29 is 13.2 Å². The van der Waals surface area contributed by atoms with Gasteiger partial charge in [-0.1, -0.05) is 54.2 Å². The number of para-hydroxylation sites is 2. The van der Waals surface area contributed by atoms with Crippen LogP contribution in [0.3, 0.4) is 0 Å². The number of alkyl halides is 2. The maximum atomic E-state index is 13.8. The standard InChI is InChI=1S/C23H19F2N5OS/c1-15-17(11-12-31-15)21-27-28-23(29(21)13-16-7-3-2-4-8-16)32-14-20-26-18-9-5-6-10-19(18)30(20)22(24)25/h2-12,22H,13-14H2,1H3. The number of hydrogen-bond acceptors (Lipinski definition) is 5. The first-order chi connectivity index (χ1) is 15.6. The van der Waals surface area contributed by atoms with Crippen LogP contribution in [0.15, 0.2) is 76.5 Å². The Morgan fingerprint density at radius 1 is 1.00 bits per heavy atom. The highest BCUT2D eigenvalue weighted by Crippen LogP contribution is 2.31. The zero-order chi connectivity index (χ0) is 22.1. The molecule has 5 rings (SSSR count). The van der Waals surface area contributed by atoms with Crippen LogP contribution in [0.5, 0.6) is 0 Å². The van der Waals surface area contributed by atoms with Crippen LogP contribution >= 0.6 is 11.8 Å². The first-order valence-corrected chi connectivity index (χ1v) is 11.0. The van der Waals surface area contributed by atoms with Crippen molar-refractivity contribution in [2.24, 2.45) is 0 Å². The highest BCUT2D eigenvalue weighted by Gasteiger charge is 2.21. The molecular formula is C23H19F2N5OS. The summed E-state index contributed by atoms with van der Waals surface area (Å²) in [5, 5.41) is 9.37. The molecule has 0 fully saturated rings. The summed E-state index contributed by atoms with van der Waals surface area (Å²) < 4.78 is 36.0. The van der Waals surface area contributed by atoms with Crippen LogP contribution in [-0.4, -0.2) is 24.3 Å². The van der Waals surface area contributed by atoms with E-state index in [1.54, 1.807) is 30.5 Å². The van der Waals surface area contributed by atoms with Gasteiger partial charge in [0.25, 0.3) is 0 Å². The Balaban J connectivity index is 1.50. The zero-order valence-electron chi connectivity index (χ0n) is 17.2. The molecule has 0 spiro atoms. The topological polar surface area (TPSA) is 61.7 Å². The van der Waals surface area contributed by atoms with Crippen molar-refractivity contribution in [3.8, 4) is 11.4 Å². The Bertz CT molecular complexity index is 1360. The molecule has 0 aliphatic rings. The van der Waals surface area contributed by atoms with Crippen molar-refractivity contribution in [2.45, 2.75) is 30.9 Å². The summed E-state index contributed by atoms with van der Waals surface area (Å²) >= 11 is 1.33. The van der Waals surface area contributed by atoms with Gasteiger partial charge < -0.3 is 4.42 Å². The summed E-state index contributed by atoms with van der Waals surface area (Å²) in [5.74, 6) is 1.94. The fourth-order valence-electron chi connectivity index (χ4n) is 3.66. The van der Waals surface area contributed by atoms with E-state index in [1.165, 1.54) is 11.8 Å². The van der Waals surface area contributed by atoms with E-state index in [2.05, 4.69) is 15.2 Å². The SMILES string of the molecule is Cc1occc1-c1nnc(SCc2nc3ccccc3n2C(F)F)n1Cc1ccccc1. The molecule has 0 radical (unpaired) electrons. The van der Waals surface area contributed by atoms with E-state index in [-0.39, 0.29) is 5.75 Å². The number of thioether (sulfide) groups is 1. The maximum absolute atomic E-state index is 13.8. The average Bonchev–Trinajstić information content (AvgIpc) is 3.49. The number of rotatable bonds is 7. The number of nitrogens with zero attached hydrogens (tertiary/aromatic N) is 5. The van der Waals surface area contributed by atoms with Crippen LogP contribution in [0, 0.1) is 6.92 Å². The summed E-state index contributed by atoms with van der Waals surface area (Å²) in [7, 11) is 0. The normalized spacial score (nSPS) is 11.6. The summed E-state index contributed by atoms with van der Waals surface area (Å²) in [6.45, 7) is -0.264. The molecule has 5 aromatic rings. The van der Waals surface area contributed by atoms with E-state index in [9.17, 15) is 8.78 Å². The van der Waals surface area contributed by atoms with Gasteiger partial charge in [0, 0.05) is 0 Å². The molecule has 6 nitrogen and oxygen atoms in total. The van der Waals surface area contributed by atoms with Gasteiger partial charge in [0.15, 0.2) is 11.0 Å². The Morgan fingerprint density at radius 2 is 1.78 bits per heavy atom. The summed E-state index contributed by atoms with van der Waals surface area (Å²) in [6, 6.07) is 18.7. The van der Waals surface area contributed by atoms with E-state index in [4.69, 9.17) is 4.42 Å². The van der Waals surface area contributed by atoms with Crippen molar-refractivity contribution in [1.29, 1.82) is 0 Å². The van der Waals surface area contributed by atoms with Crippen LogP contribution in [0.2, 0.25) is 0 Å². The van der Waals surface area contributed by atoms with E-state index in [1.807, 2.05) is 47.9 Å². The van der Waals surface area contributed by atoms with Gasteiger partial charge in [-0.25, -0.2) is 4.98 Å². The van der Waals surface area contributed by atoms with E-state index in [0.29, 0.717) is 34.4 Å². The molecule has 32 heavy (non-hydrogen) atoms. The van der Waals surface area contributed by atoms with Crippen molar-refractivity contribution in [1.82, 2.24) is 24.3 Å². The fourth-order valence-corrected chi connectivity index (χ4v) is 4.53. The molecule has 0 saturated heterocycles. The van der Waals surface area contributed by atoms with E-state index < -0.39 is 6.55 Å². The van der Waals surface area contributed by atoms with Gasteiger partial charge in [-0.15, -0.1) is 10.2 Å². The third-order valence-corrected chi connectivity index (χ3v) is 6.16. The van der Waals surface area contributed by atoms with Crippen LogP contribution in [0.4, 0.5) is 8.78 Å². The monoisotopic (exact) mass is 451 g/mol. The lowest BCUT2D eigenvalue weighted by Crippen LogP contribution is -2.06. The van der Waals surface area contributed by atoms with Gasteiger partial charge in [-0.2, -0.15) is 8.78 Å². The summed E-state index contributed by atoms with van der Waals surface area (Å²) in [4.78, 5) is 4.42. The molecule has 3 heterocycles. The maximum Gasteiger partial charge on any atom is 0.320 e. The Labute approximate surface area is 186 Å². The molecule has 2 aromatic carbocycles. The lowest BCUT2D eigenvalue weighted by molar-refractivity contribution is 0.0722. The molecule has 0 saturated carbocycles. The predicted molar refractivity (Wildman–Crippen MR) is 119 cm³/mol. The second-order valence-corrected chi connectivity index (χ2v) is 8.16. The quantitative estimate of drug-likeness (QED) is 0.287. The smallest absolute Gasteiger partial charge is 0.320 e. The largest absolute Gasteiger partial charge is 0.469 e. The zero-order valence-corrected chi connectivity index (χ0v) is 18.0. The van der Waals surface area contributed by atoms with Crippen LogP contribution in [-0.2, 0) is 12.3 Å². The minimum absolute atomic E-state index is 0.232. The lowest BCUT2D eigenvalue weighted by atomic mass is 10.2. The summed E-state index contributed by atoms with van der Waals surface area (Å²) in [6.07, 6.45) is 1.62. The van der Waals surface area contributed by atoms with Crippen molar-refractivity contribution in [2.75, 3.05) is 0 Å². The van der Waals surface area contributed by atoms with Crippen molar-refractivity contribution in [3.05, 3.63) is 84.1 Å². The second-order valence-electron chi connectivity index (χ2n) is 7.22. The number of benzene rings is 2. The van der Waals surface area contributed by atoms with Crippen LogP contribution < -0.4 is 0 Å². The molecule has 0 amide bonds. The van der Waals surface area contributed by atoms with E-state index >= 15 is 0 Å². The molecule has 0 unspecified atom stereocenters. The van der Waals surface area contributed by atoms with Crippen LogP contribution in [0.1, 0.15) is 23.7 Å². The fraction of sp³-hybridized carbons (Fsp3) is 0.174. The molecule has 0 bridgehead atoms. The number of furan rings is 1. The second kappa shape index (κ2) is 8.58. The molecule has 0 aliphatic carbocycles. The Kier molecular flexibility index (Phi) is 5.48. The van der Waals surface area contributed by atoms with Gasteiger partial charge in [0.2, 0.25) is 0 Å². The lowest BCUT2D eigenvalue weighted by Gasteiger charge is -2.11. The average molecular weight is 452 g/mol. The van der Waals surface area contributed by atoms with Gasteiger partial charge >= 0.3 is 6.55 Å². The number of aryl methyl sites for hydroxylation is 1. The predicted octanol–water partition coefficient (Wildman–Crippen LogP) is 5.93. The minimum atomic E-state index is -2.68. The molecule has 9 heteroatoms. The van der Waals surface area contributed by atoms with Gasteiger partial charge in [0.1, 0.15) is 11.6 Å². The third-order valence-electron chi connectivity index (χ3n) is 5.19. The molecule has 0 atom stereocenters. The van der Waals surface area contributed by atoms with Crippen molar-refractivity contribution in [3.63, 3.8) is 0 Å². The molecule has 0 N–H and O–H groups in total. The number of halogens is 2. The highest BCUT2D eigenvalue weighted by molar-refractivity contribution is 7.98. The van der Waals surface area contributed by atoms with Crippen molar-refractivity contribution >= 4 is 22.8 Å². The first kappa shape index (κ1) is 20.4. The van der Waals surface area contributed by atoms with Gasteiger partial charge in [-0.3, -0.25) is 9.13 Å². The van der Waals surface area contributed by atoms with Gasteiger partial charge in [0.05, 0.1) is 35.2 Å². The van der Waals surface area contributed by atoms with E-state index in [0.717, 1.165) is 21.5 Å². The van der Waals surface area contributed by atoms with Gasteiger partial charge in [-0.05, 0) is 30.7 Å². The molecular weight excluding hydrogens is 432 g/mol. The Hall–Kier alpha value is -3.46. The number of imidazole rings is 1. The summed E-state index contributed by atoms with van der Waals surface area (Å²) in [5.41, 5.74) is 2.89. The molecule has 162 valence electrons. The first-order valence-electron chi connectivity index (χ1n) is 10.00. The number of hydrogen-bond donors (Lipinski definition) is 0. The number of aromatic nitrogens is 5. The number of fused-ring (bicyclic) bond motifs is 1. The highest BCUT2D eigenvalue weighted by atomic mass is 32.2. The third kappa shape index (κ3) is 3.80. The van der Waals surface area contributed by atoms with Crippen LogP contribution in [0.25, 0.3) is 22.4 Å². The Morgan fingerprint density at radius 3 is 2.53 bits per heavy atom. The minimum Gasteiger partial charge on any atom is -0.469 e. The molecule has 3 aromatic heterocycles. The molecule has 0 aliphatic heterocycles.